The van der Waals surface area contributed by atoms with E-state index in [2.05, 4.69) is 10.6 Å². The Morgan fingerprint density at radius 3 is 2.74 bits per heavy atom. The van der Waals surface area contributed by atoms with Gasteiger partial charge < -0.3 is 20.4 Å². The van der Waals surface area contributed by atoms with Gasteiger partial charge in [-0.25, -0.2) is 0 Å². The van der Waals surface area contributed by atoms with Crippen molar-refractivity contribution < 1.29 is 19.2 Å². The average Bonchev–Trinajstić information content (AvgIpc) is 3.52. The van der Waals surface area contributed by atoms with Gasteiger partial charge in [-0.15, -0.1) is 11.3 Å². The maximum atomic E-state index is 13.5. The van der Waals surface area contributed by atoms with Gasteiger partial charge in [0.2, 0.25) is 23.6 Å². The number of fused-ring (bicyclic) bond motifs is 2. The van der Waals surface area contributed by atoms with Gasteiger partial charge in [0.05, 0.1) is 12.5 Å². The molecule has 1 aromatic heterocycles. The molecule has 4 fully saturated rings. The van der Waals surface area contributed by atoms with Crippen LogP contribution in [-0.4, -0.2) is 70.7 Å². The highest BCUT2D eigenvalue weighted by Crippen LogP contribution is 2.30. The van der Waals surface area contributed by atoms with Crippen LogP contribution in [0.25, 0.3) is 0 Å². The molecule has 4 unspecified atom stereocenters. The summed E-state index contributed by atoms with van der Waals surface area (Å²) in [6.45, 7) is 0.789. The first kappa shape index (κ1) is 20.5. The van der Waals surface area contributed by atoms with Gasteiger partial charge in [-0.1, -0.05) is 18.9 Å². The number of carbonyl (C=O) groups is 4. The van der Waals surface area contributed by atoms with Crippen molar-refractivity contribution in [1.29, 1.82) is 0 Å². The fourth-order valence-corrected chi connectivity index (χ4v) is 6.28. The van der Waals surface area contributed by atoms with Crippen molar-refractivity contribution in [2.24, 2.45) is 5.92 Å². The van der Waals surface area contributed by atoms with E-state index in [1.165, 1.54) is 11.3 Å². The van der Waals surface area contributed by atoms with E-state index in [0.717, 1.165) is 30.6 Å². The number of thiophene rings is 1. The van der Waals surface area contributed by atoms with Crippen LogP contribution in [0, 0.1) is 5.92 Å². The van der Waals surface area contributed by atoms with Gasteiger partial charge >= 0.3 is 0 Å². The lowest BCUT2D eigenvalue weighted by atomic mass is 10.1. The summed E-state index contributed by atoms with van der Waals surface area (Å²) in [7, 11) is 0. The van der Waals surface area contributed by atoms with Gasteiger partial charge in [0.25, 0.3) is 0 Å². The van der Waals surface area contributed by atoms with Crippen molar-refractivity contribution >= 4 is 35.0 Å². The van der Waals surface area contributed by atoms with Crippen LogP contribution in [0.5, 0.6) is 0 Å². The molecule has 0 radical (unpaired) electrons. The third-order valence-corrected chi connectivity index (χ3v) is 8.04. The van der Waals surface area contributed by atoms with Crippen LogP contribution in [-0.2, 0) is 25.6 Å². The second kappa shape index (κ2) is 8.26. The Morgan fingerprint density at radius 2 is 2.00 bits per heavy atom. The third-order valence-electron chi connectivity index (χ3n) is 7.16. The Morgan fingerprint density at radius 1 is 1.19 bits per heavy atom. The molecule has 0 bridgehead atoms. The molecule has 2 N–H and O–H groups in total. The minimum atomic E-state index is -0.661. The average molecular weight is 445 g/mol. The standard InChI is InChI=1S/C22H28N4O4S/c27-18(11-15-6-3-9-31-15)25-8-7-16-19(25)22(30)26-12-14(10-17(26)21(29)24-16)23-20(28)13-4-1-2-5-13/h3,6,9,13-14,16-17,19H,1-2,4-5,7-8,10-12H2,(H,23,28)(H,24,29). The van der Waals surface area contributed by atoms with Crippen molar-refractivity contribution in [3.05, 3.63) is 22.4 Å². The number of hydrogen-bond acceptors (Lipinski definition) is 5. The number of hydrogen-bond donors (Lipinski definition) is 2. The molecule has 4 atom stereocenters. The minimum absolute atomic E-state index is 0.0412. The Labute approximate surface area is 185 Å². The lowest BCUT2D eigenvalue weighted by Gasteiger charge is -2.29. The maximum Gasteiger partial charge on any atom is 0.248 e. The van der Waals surface area contributed by atoms with Crippen molar-refractivity contribution in [3.8, 4) is 0 Å². The summed E-state index contributed by atoms with van der Waals surface area (Å²) in [5.74, 6) is -0.343. The van der Waals surface area contributed by atoms with Gasteiger partial charge in [0.1, 0.15) is 12.1 Å². The molecular formula is C22H28N4O4S. The Bertz CT molecular complexity index is 882. The molecule has 1 saturated carbocycles. The molecule has 4 aliphatic rings. The zero-order valence-electron chi connectivity index (χ0n) is 17.4. The summed E-state index contributed by atoms with van der Waals surface area (Å²) < 4.78 is 0. The SMILES string of the molecule is O=C(NC1CC2C(=O)NC3CCN(C(=O)Cc4cccs4)C3C(=O)N2C1)C1CCCC1. The summed E-state index contributed by atoms with van der Waals surface area (Å²) in [5, 5.41) is 8.01. The first-order valence-corrected chi connectivity index (χ1v) is 12.1. The van der Waals surface area contributed by atoms with Gasteiger partial charge in [-0.3, -0.25) is 19.2 Å². The van der Waals surface area contributed by atoms with Crippen LogP contribution < -0.4 is 10.6 Å². The Hall–Kier alpha value is -2.42. The zero-order chi connectivity index (χ0) is 21.5. The quantitative estimate of drug-likeness (QED) is 0.713. The summed E-state index contributed by atoms with van der Waals surface area (Å²) in [6.07, 6.45) is 5.27. The second-order valence-electron chi connectivity index (χ2n) is 9.12. The van der Waals surface area contributed by atoms with Crippen molar-refractivity contribution in [3.63, 3.8) is 0 Å². The smallest absolute Gasteiger partial charge is 0.248 e. The van der Waals surface area contributed by atoms with E-state index < -0.39 is 12.1 Å². The normalized spacial score (nSPS) is 30.7. The number of carbonyl (C=O) groups excluding carboxylic acids is 4. The molecule has 9 heteroatoms. The molecule has 8 nitrogen and oxygen atoms in total. The van der Waals surface area contributed by atoms with Crippen LogP contribution in [0.4, 0.5) is 0 Å². The van der Waals surface area contributed by atoms with E-state index in [0.29, 0.717) is 25.9 Å². The Kier molecular flexibility index (Phi) is 5.45. The van der Waals surface area contributed by atoms with Crippen LogP contribution in [0.1, 0.15) is 43.4 Å². The summed E-state index contributed by atoms with van der Waals surface area (Å²) in [4.78, 5) is 56.1. The summed E-state index contributed by atoms with van der Waals surface area (Å²) in [6, 6.07) is 2.02. The lowest BCUT2D eigenvalue weighted by molar-refractivity contribution is -0.144. The first-order valence-electron chi connectivity index (χ1n) is 11.2. The lowest BCUT2D eigenvalue weighted by Crippen LogP contribution is -2.53. The molecule has 5 rings (SSSR count). The fourth-order valence-electron chi connectivity index (χ4n) is 5.58. The number of nitrogens with one attached hydrogen (secondary N) is 2. The van der Waals surface area contributed by atoms with E-state index in [9.17, 15) is 19.2 Å². The summed E-state index contributed by atoms with van der Waals surface area (Å²) >= 11 is 1.52. The van der Waals surface area contributed by atoms with Crippen LogP contribution in [0.2, 0.25) is 0 Å². The van der Waals surface area contributed by atoms with E-state index in [1.54, 1.807) is 9.80 Å². The van der Waals surface area contributed by atoms with Crippen molar-refractivity contribution in [2.45, 2.75) is 69.1 Å². The molecular weight excluding hydrogens is 416 g/mol. The molecule has 4 amide bonds. The predicted octanol–water partition coefficient (Wildman–Crippen LogP) is 0.666. The molecule has 3 saturated heterocycles. The number of likely N-dealkylation sites (tertiary alicyclic amines) is 1. The molecule has 1 aromatic rings. The topological polar surface area (TPSA) is 98.8 Å². The van der Waals surface area contributed by atoms with Crippen LogP contribution in [0.15, 0.2) is 17.5 Å². The molecule has 31 heavy (non-hydrogen) atoms. The van der Waals surface area contributed by atoms with Crippen LogP contribution in [0.3, 0.4) is 0 Å². The number of rotatable bonds is 4. The minimum Gasteiger partial charge on any atom is -0.351 e. The van der Waals surface area contributed by atoms with E-state index in [1.807, 2.05) is 17.5 Å². The van der Waals surface area contributed by atoms with Gasteiger partial charge in [0.15, 0.2) is 0 Å². The number of amides is 4. The highest BCUT2D eigenvalue weighted by molar-refractivity contribution is 7.10. The third kappa shape index (κ3) is 3.84. The molecule has 1 aliphatic carbocycles. The largest absolute Gasteiger partial charge is 0.351 e. The first-order chi connectivity index (χ1) is 15.0. The van der Waals surface area contributed by atoms with Crippen molar-refractivity contribution in [2.75, 3.05) is 13.1 Å². The van der Waals surface area contributed by atoms with E-state index in [-0.39, 0.29) is 48.1 Å². The Balaban J connectivity index is 1.29. The van der Waals surface area contributed by atoms with E-state index in [4.69, 9.17) is 0 Å². The number of nitrogens with zero attached hydrogens (tertiary/aromatic N) is 2. The second-order valence-corrected chi connectivity index (χ2v) is 10.2. The van der Waals surface area contributed by atoms with Crippen LogP contribution >= 0.6 is 11.3 Å². The molecule has 3 aliphatic heterocycles. The monoisotopic (exact) mass is 444 g/mol. The molecule has 0 spiro atoms. The van der Waals surface area contributed by atoms with Gasteiger partial charge in [-0.2, -0.15) is 0 Å². The van der Waals surface area contributed by atoms with Crippen molar-refractivity contribution in [1.82, 2.24) is 20.4 Å². The maximum absolute atomic E-state index is 13.5. The van der Waals surface area contributed by atoms with Gasteiger partial charge in [0, 0.05) is 29.9 Å². The zero-order valence-corrected chi connectivity index (χ0v) is 18.2. The molecule has 0 aromatic carbocycles. The molecule has 4 heterocycles. The highest BCUT2D eigenvalue weighted by Gasteiger charge is 2.52. The predicted molar refractivity (Wildman–Crippen MR) is 114 cm³/mol. The highest BCUT2D eigenvalue weighted by atomic mass is 32.1. The fraction of sp³-hybridized carbons (Fsp3) is 0.636. The van der Waals surface area contributed by atoms with E-state index >= 15 is 0 Å². The molecule has 166 valence electrons. The van der Waals surface area contributed by atoms with Gasteiger partial charge in [-0.05, 0) is 37.1 Å². The summed E-state index contributed by atoms with van der Waals surface area (Å²) in [5.41, 5.74) is 0.